The van der Waals surface area contributed by atoms with Crippen molar-refractivity contribution in [3.63, 3.8) is 0 Å². The number of amidine groups is 1. The van der Waals surface area contributed by atoms with Crippen LogP contribution in [-0.4, -0.2) is 12.1 Å². The van der Waals surface area contributed by atoms with Crippen LogP contribution >= 0.6 is 11.6 Å². The minimum Gasteiger partial charge on any atom is -0.344 e. The Labute approximate surface area is 177 Å². The molecule has 4 rings (SSSR count). The SMILES string of the molecule is CCC12C=CCC=C1C(c1cc(NC(C)=Nc3ccccc3)ccc1Cl)N=CC2. The van der Waals surface area contributed by atoms with E-state index in [1.807, 2.05) is 49.4 Å². The second-order valence-electron chi connectivity index (χ2n) is 7.64. The molecule has 1 N–H and O–H groups in total. The van der Waals surface area contributed by atoms with E-state index >= 15 is 0 Å². The van der Waals surface area contributed by atoms with Crippen molar-refractivity contribution < 1.29 is 0 Å². The van der Waals surface area contributed by atoms with E-state index in [0.29, 0.717) is 0 Å². The zero-order valence-corrected chi connectivity index (χ0v) is 17.7. The predicted octanol–water partition coefficient (Wildman–Crippen LogP) is 7.30. The maximum absolute atomic E-state index is 6.64. The molecule has 2 aliphatic rings. The van der Waals surface area contributed by atoms with E-state index in [4.69, 9.17) is 16.6 Å². The summed E-state index contributed by atoms with van der Waals surface area (Å²) in [5.74, 6) is 0.833. The van der Waals surface area contributed by atoms with Gasteiger partial charge in [-0.3, -0.25) is 4.99 Å². The fraction of sp³-hybridized carbons (Fsp3) is 0.280. The van der Waals surface area contributed by atoms with Gasteiger partial charge in [-0.2, -0.15) is 0 Å². The maximum Gasteiger partial charge on any atom is 0.103 e. The molecule has 148 valence electrons. The largest absolute Gasteiger partial charge is 0.344 e. The molecule has 0 bridgehead atoms. The molecule has 29 heavy (non-hydrogen) atoms. The van der Waals surface area contributed by atoms with Gasteiger partial charge in [0.2, 0.25) is 0 Å². The number of halogens is 1. The highest BCUT2D eigenvalue weighted by molar-refractivity contribution is 6.31. The summed E-state index contributed by atoms with van der Waals surface area (Å²) in [5.41, 5.74) is 4.38. The molecule has 2 aromatic rings. The smallest absolute Gasteiger partial charge is 0.103 e. The number of fused-ring (bicyclic) bond motifs is 1. The standard InChI is InChI=1S/C25H26ClN3/c1-3-25-14-8-7-11-22(25)24(27-16-15-25)21-17-20(12-13-23(21)26)29-18(2)28-19-9-5-4-6-10-19/h4-6,8-14,16-17,24H,3,7,15H2,1-2H3,(H,28,29). The summed E-state index contributed by atoms with van der Waals surface area (Å²) < 4.78 is 0. The summed E-state index contributed by atoms with van der Waals surface area (Å²) in [6, 6.07) is 16.0. The van der Waals surface area contributed by atoms with E-state index in [0.717, 1.165) is 47.1 Å². The van der Waals surface area contributed by atoms with Gasteiger partial charge >= 0.3 is 0 Å². The van der Waals surface area contributed by atoms with Crippen LogP contribution in [-0.2, 0) is 0 Å². The van der Waals surface area contributed by atoms with Gasteiger partial charge in [-0.25, -0.2) is 4.99 Å². The molecule has 0 spiro atoms. The monoisotopic (exact) mass is 403 g/mol. The maximum atomic E-state index is 6.64. The molecule has 1 aliphatic carbocycles. The van der Waals surface area contributed by atoms with E-state index in [2.05, 4.69) is 47.7 Å². The van der Waals surface area contributed by atoms with Gasteiger partial charge in [0, 0.05) is 27.9 Å². The van der Waals surface area contributed by atoms with Gasteiger partial charge in [0.25, 0.3) is 0 Å². The first kappa shape index (κ1) is 19.7. The number of benzene rings is 2. The van der Waals surface area contributed by atoms with Gasteiger partial charge in [-0.15, -0.1) is 0 Å². The lowest BCUT2D eigenvalue weighted by Gasteiger charge is -2.40. The van der Waals surface area contributed by atoms with E-state index in [-0.39, 0.29) is 11.5 Å². The number of nitrogens with one attached hydrogen (secondary N) is 1. The Balaban J connectivity index is 1.64. The quantitative estimate of drug-likeness (QED) is 0.324. The fourth-order valence-electron chi connectivity index (χ4n) is 4.24. The highest BCUT2D eigenvalue weighted by atomic mass is 35.5. The number of rotatable bonds is 4. The van der Waals surface area contributed by atoms with Crippen molar-refractivity contribution in [2.45, 2.75) is 39.2 Å². The number of anilines is 1. The zero-order valence-electron chi connectivity index (χ0n) is 16.9. The van der Waals surface area contributed by atoms with Crippen molar-refractivity contribution in [1.82, 2.24) is 0 Å². The van der Waals surface area contributed by atoms with Crippen molar-refractivity contribution in [3.05, 3.63) is 82.9 Å². The Morgan fingerprint density at radius 1 is 1.24 bits per heavy atom. The summed E-state index contributed by atoms with van der Waals surface area (Å²) in [7, 11) is 0. The zero-order chi connectivity index (χ0) is 20.3. The first-order valence-corrected chi connectivity index (χ1v) is 10.6. The molecule has 2 unspecified atom stereocenters. The van der Waals surface area contributed by atoms with Crippen LogP contribution in [0.2, 0.25) is 5.02 Å². The Bertz CT molecular complexity index is 1000. The fourth-order valence-corrected chi connectivity index (χ4v) is 4.46. The summed E-state index contributed by atoms with van der Waals surface area (Å²) in [6.45, 7) is 4.22. The molecule has 0 fully saturated rings. The lowest BCUT2D eigenvalue weighted by atomic mass is 9.67. The lowest BCUT2D eigenvalue weighted by molar-refractivity contribution is 0.413. The van der Waals surface area contributed by atoms with Crippen LogP contribution in [0.4, 0.5) is 11.4 Å². The number of para-hydroxylation sites is 1. The van der Waals surface area contributed by atoms with Gasteiger partial charge in [-0.05, 0) is 62.1 Å². The molecular weight excluding hydrogens is 378 g/mol. The molecule has 1 aliphatic heterocycles. The number of allylic oxidation sites excluding steroid dienone is 3. The average molecular weight is 404 g/mol. The summed E-state index contributed by atoms with van der Waals surface area (Å²) >= 11 is 6.64. The van der Waals surface area contributed by atoms with Gasteiger partial charge in [0.15, 0.2) is 0 Å². The molecule has 4 heteroatoms. The Hall–Kier alpha value is -2.65. The highest BCUT2D eigenvalue weighted by Crippen LogP contribution is 2.50. The third-order valence-electron chi connectivity index (χ3n) is 5.79. The van der Waals surface area contributed by atoms with Crippen molar-refractivity contribution in [2.75, 3.05) is 5.32 Å². The van der Waals surface area contributed by atoms with Crippen LogP contribution in [0.5, 0.6) is 0 Å². The Morgan fingerprint density at radius 3 is 2.86 bits per heavy atom. The normalized spacial score (nSPS) is 23.5. The van der Waals surface area contributed by atoms with Crippen LogP contribution in [0, 0.1) is 5.41 Å². The Kier molecular flexibility index (Phi) is 5.68. The second-order valence-corrected chi connectivity index (χ2v) is 8.05. The number of nitrogens with zero attached hydrogens (tertiary/aromatic N) is 2. The van der Waals surface area contributed by atoms with Crippen LogP contribution in [0.3, 0.4) is 0 Å². The van der Waals surface area contributed by atoms with E-state index in [1.165, 1.54) is 5.57 Å². The average Bonchev–Trinajstić information content (AvgIpc) is 2.75. The van der Waals surface area contributed by atoms with Crippen molar-refractivity contribution in [1.29, 1.82) is 0 Å². The molecule has 0 radical (unpaired) electrons. The van der Waals surface area contributed by atoms with Crippen LogP contribution in [0.25, 0.3) is 0 Å². The summed E-state index contributed by atoms with van der Waals surface area (Å²) in [5, 5.41) is 4.15. The minimum atomic E-state index is -0.0331. The molecular formula is C25H26ClN3. The third kappa shape index (κ3) is 4.06. The van der Waals surface area contributed by atoms with E-state index in [1.54, 1.807) is 0 Å². The first-order chi connectivity index (χ1) is 14.1. The molecule has 0 aromatic heterocycles. The molecule has 1 heterocycles. The molecule has 0 amide bonds. The van der Waals surface area contributed by atoms with Crippen LogP contribution in [0.1, 0.15) is 44.7 Å². The first-order valence-electron chi connectivity index (χ1n) is 10.2. The van der Waals surface area contributed by atoms with Crippen molar-refractivity contribution >= 4 is 35.0 Å². The minimum absolute atomic E-state index is 0.0331. The van der Waals surface area contributed by atoms with Crippen LogP contribution in [0.15, 0.2) is 82.3 Å². The van der Waals surface area contributed by atoms with Crippen molar-refractivity contribution in [2.24, 2.45) is 15.4 Å². The molecule has 2 aromatic carbocycles. The van der Waals surface area contributed by atoms with Gasteiger partial charge < -0.3 is 5.32 Å². The van der Waals surface area contributed by atoms with Crippen molar-refractivity contribution in [3.8, 4) is 0 Å². The lowest BCUT2D eigenvalue weighted by Crippen LogP contribution is -2.29. The third-order valence-corrected chi connectivity index (χ3v) is 6.13. The molecule has 0 saturated carbocycles. The summed E-state index contributed by atoms with van der Waals surface area (Å²) in [4.78, 5) is 9.49. The van der Waals surface area contributed by atoms with Gasteiger partial charge in [0.1, 0.15) is 5.84 Å². The molecule has 0 saturated heterocycles. The second kappa shape index (κ2) is 8.38. The van der Waals surface area contributed by atoms with E-state index < -0.39 is 0 Å². The summed E-state index contributed by atoms with van der Waals surface area (Å²) in [6.07, 6.45) is 12.0. The van der Waals surface area contributed by atoms with Gasteiger partial charge in [-0.1, -0.05) is 55.0 Å². The number of hydrogen-bond acceptors (Lipinski definition) is 2. The molecule has 3 nitrogen and oxygen atoms in total. The highest BCUT2D eigenvalue weighted by Gasteiger charge is 2.38. The van der Waals surface area contributed by atoms with Gasteiger partial charge in [0.05, 0.1) is 11.7 Å². The molecule has 2 atom stereocenters. The van der Waals surface area contributed by atoms with Crippen LogP contribution < -0.4 is 5.32 Å². The number of hydrogen-bond donors (Lipinski definition) is 1. The van der Waals surface area contributed by atoms with E-state index in [9.17, 15) is 0 Å². The predicted molar refractivity (Wildman–Crippen MR) is 125 cm³/mol. The number of aliphatic imine (C=N–C) groups is 2. The Morgan fingerprint density at radius 2 is 2.07 bits per heavy atom. The topological polar surface area (TPSA) is 36.8 Å².